The molecule has 2 aliphatic rings. The number of ketones is 1. The zero-order valence-corrected chi connectivity index (χ0v) is 11.1. The molecule has 0 spiro atoms. The summed E-state index contributed by atoms with van der Waals surface area (Å²) in [4.78, 5) is 11.9. The summed E-state index contributed by atoms with van der Waals surface area (Å²) in [5.41, 5.74) is 1.95. The number of benzene rings is 1. The molecule has 3 rings (SSSR count). The number of fused-ring (bicyclic) bond motifs is 1. The van der Waals surface area contributed by atoms with Crippen LogP contribution in [0, 0.1) is 0 Å². The highest BCUT2D eigenvalue weighted by Crippen LogP contribution is 2.28. The summed E-state index contributed by atoms with van der Waals surface area (Å²) < 4.78 is 5.88. The lowest BCUT2D eigenvalue weighted by atomic mass is 9.90. The van der Waals surface area contributed by atoms with Gasteiger partial charge in [-0.2, -0.15) is 0 Å². The van der Waals surface area contributed by atoms with Crippen molar-refractivity contribution in [1.82, 2.24) is 0 Å². The van der Waals surface area contributed by atoms with Crippen LogP contribution in [-0.4, -0.2) is 23.1 Å². The molecule has 3 nitrogen and oxygen atoms in total. The maximum Gasteiger partial charge on any atom is 0.163 e. The Balaban J connectivity index is 1.78. The van der Waals surface area contributed by atoms with E-state index in [0.29, 0.717) is 6.42 Å². The average Bonchev–Trinajstić information content (AvgIpc) is 2.42. The Morgan fingerprint density at radius 1 is 1.11 bits per heavy atom. The van der Waals surface area contributed by atoms with Crippen LogP contribution >= 0.6 is 0 Å². The van der Waals surface area contributed by atoms with Gasteiger partial charge in [-0.3, -0.25) is 4.79 Å². The maximum atomic E-state index is 11.9. The Morgan fingerprint density at radius 2 is 1.95 bits per heavy atom. The number of ether oxygens (including phenoxy) is 1. The quantitative estimate of drug-likeness (QED) is 0.889. The molecule has 2 aliphatic carbocycles. The number of aliphatic hydroxyl groups is 1. The molecule has 1 aromatic rings. The van der Waals surface area contributed by atoms with Gasteiger partial charge in [0.05, 0.1) is 6.10 Å². The van der Waals surface area contributed by atoms with E-state index in [1.165, 1.54) is 0 Å². The van der Waals surface area contributed by atoms with E-state index in [-0.39, 0.29) is 18.0 Å². The number of carbonyl (C=O) groups excluding carboxylic acids is 1. The Labute approximate surface area is 113 Å². The highest BCUT2D eigenvalue weighted by Gasteiger charge is 2.25. The molecule has 0 radical (unpaired) electrons. The first-order valence-corrected chi connectivity index (χ1v) is 7.25. The molecule has 0 bridgehead atoms. The molecule has 1 N–H and O–H groups in total. The number of hydrogen-bond acceptors (Lipinski definition) is 3. The van der Waals surface area contributed by atoms with Gasteiger partial charge in [-0.15, -0.1) is 0 Å². The second-order valence-corrected chi connectivity index (χ2v) is 5.60. The number of Topliss-reactive ketones (excluding diaryl/α,β-unsaturated/α-hetero) is 1. The van der Waals surface area contributed by atoms with Crippen LogP contribution in [0.2, 0.25) is 0 Å². The highest BCUT2D eigenvalue weighted by molar-refractivity contribution is 5.98. The summed E-state index contributed by atoms with van der Waals surface area (Å²) in [6.07, 6.45) is 5.96. The van der Waals surface area contributed by atoms with Gasteiger partial charge in [0.25, 0.3) is 0 Å². The predicted octanol–water partition coefficient (Wildman–Crippen LogP) is 2.89. The number of aliphatic hydroxyl groups excluding tert-OH is 1. The molecule has 0 aromatic heterocycles. The lowest BCUT2D eigenvalue weighted by molar-refractivity contribution is 0.00683. The van der Waals surface area contributed by atoms with Crippen molar-refractivity contribution >= 4 is 5.78 Å². The molecule has 102 valence electrons. The largest absolute Gasteiger partial charge is 0.488 e. The molecule has 2 atom stereocenters. The van der Waals surface area contributed by atoms with Gasteiger partial charge in [-0.1, -0.05) is 12.5 Å². The minimum atomic E-state index is -0.375. The van der Waals surface area contributed by atoms with E-state index in [9.17, 15) is 9.90 Å². The van der Waals surface area contributed by atoms with Crippen LogP contribution in [0.3, 0.4) is 0 Å². The van der Waals surface area contributed by atoms with Crippen LogP contribution < -0.4 is 4.74 Å². The fourth-order valence-electron chi connectivity index (χ4n) is 3.07. The number of hydrogen-bond donors (Lipinski definition) is 1. The van der Waals surface area contributed by atoms with E-state index >= 15 is 0 Å². The molecular weight excluding hydrogens is 240 g/mol. The Kier molecular flexibility index (Phi) is 3.56. The van der Waals surface area contributed by atoms with E-state index < -0.39 is 0 Å². The van der Waals surface area contributed by atoms with Gasteiger partial charge in [0.2, 0.25) is 0 Å². The highest BCUT2D eigenvalue weighted by atomic mass is 16.5. The van der Waals surface area contributed by atoms with Crippen molar-refractivity contribution in [2.45, 2.75) is 57.2 Å². The third-order valence-electron chi connectivity index (χ3n) is 4.19. The summed E-state index contributed by atoms with van der Waals surface area (Å²) in [6.45, 7) is 0. The van der Waals surface area contributed by atoms with Crippen LogP contribution in [-0.2, 0) is 6.42 Å². The Morgan fingerprint density at radius 3 is 2.79 bits per heavy atom. The summed E-state index contributed by atoms with van der Waals surface area (Å²) >= 11 is 0. The first-order valence-electron chi connectivity index (χ1n) is 7.25. The van der Waals surface area contributed by atoms with Gasteiger partial charge in [-0.25, -0.2) is 0 Å². The van der Waals surface area contributed by atoms with Gasteiger partial charge in [-0.05, 0) is 49.8 Å². The molecule has 0 amide bonds. The molecule has 3 heteroatoms. The Bertz CT molecular complexity index is 481. The lowest BCUT2D eigenvalue weighted by Gasteiger charge is -2.28. The number of aryl methyl sites for hydroxylation is 1. The van der Waals surface area contributed by atoms with Crippen molar-refractivity contribution < 1.29 is 14.6 Å². The summed E-state index contributed by atoms with van der Waals surface area (Å²) in [5, 5.41) is 9.93. The smallest absolute Gasteiger partial charge is 0.163 e. The van der Waals surface area contributed by atoms with Crippen LogP contribution in [0.15, 0.2) is 18.2 Å². The SMILES string of the molecule is O=C1CCCc2ccc(OC3CCCCC3O)cc21. The van der Waals surface area contributed by atoms with Crippen LogP contribution in [0.4, 0.5) is 0 Å². The normalized spacial score (nSPS) is 26.9. The number of rotatable bonds is 2. The average molecular weight is 260 g/mol. The lowest BCUT2D eigenvalue weighted by Crippen LogP contribution is -2.34. The molecule has 2 unspecified atom stereocenters. The monoisotopic (exact) mass is 260 g/mol. The Hall–Kier alpha value is -1.35. The first-order chi connectivity index (χ1) is 9.24. The van der Waals surface area contributed by atoms with Crippen molar-refractivity contribution in [2.24, 2.45) is 0 Å². The summed E-state index contributed by atoms with van der Waals surface area (Å²) in [6, 6.07) is 5.79. The minimum absolute atomic E-state index is 0.120. The van der Waals surface area contributed by atoms with Crippen molar-refractivity contribution in [2.75, 3.05) is 0 Å². The molecule has 1 aromatic carbocycles. The standard InChI is InChI=1S/C16H20O3/c17-14-6-3-4-11-8-9-12(10-13(11)14)19-16-7-2-1-5-15(16)18/h8-10,15-16,18H,1-7H2. The van der Waals surface area contributed by atoms with Crippen molar-refractivity contribution in [3.8, 4) is 5.75 Å². The molecule has 19 heavy (non-hydrogen) atoms. The fraction of sp³-hybridized carbons (Fsp3) is 0.562. The number of carbonyl (C=O) groups is 1. The zero-order valence-electron chi connectivity index (χ0n) is 11.1. The van der Waals surface area contributed by atoms with Gasteiger partial charge >= 0.3 is 0 Å². The second kappa shape index (κ2) is 5.33. The van der Waals surface area contributed by atoms with Gasteiger partial charge in [0, 0.05) is 12.0 Å². The predicted molar refractivity (Wildman–Crippen MR) is 72.6 cm³/mol. The van der Waals surface area contributed by atoms with Crippen molar-refractivity contribution in [3.05, 3.63) is 29.3 Å². The molecule has 0 heterocycles. The van der Waals surface area contributed by atoms with E-state index in [0.717, 1.165) is 55.4 Å². The van der Waals surface area contributed by atoms with Crippen LogP contribution in [0.1, 0.15) is 54.4 Å². The summed E-state index contributed by atoms with van der Waals surface area (Å²) in [7, 11) is 0. The van der Waals surface area contributed by atoms with E-state index in [2.05, 4.69) is 0 Å². The second-order valence-electron chi connectivity index (χ2n) is 5.60. The zero-order chi connectivity index (χ0) is 13.2. The summed E-state index contributed by atoms with van der Waals surface area (Å²) in [5.74, 6) is 0.941. The molecular formula is C16H20O3. The molecule has 1 saturated carbocycles. The third-order valence-corrected chi connectivity index (χ3v) is 4.19. The van der Waals surface area contributed by atoms with E-state index in [4.69, 9.17) is 4.74 Å². The van der Waals surface area contributed by atoms with E-state index in [1.807, 2.05) is 18.2 Å². The van der Waals surface area contributed by atoms with Crippen molar-refractivity contribution in [1.29, 1.82) is 0 Å². The maximum absolute atomic E-state index is 11.9. The molecule has 0 saturated heterocycles. The topological polar surface area (TPSA) is 46.5 Å². The fourth-order valence-corrected chi connectivity index (χ4v) is 3.07. The van der Waals surface area contributed by atoms with Gasteiger partial charge in [0.1, 0.15) is 11.9 Å². The van der Waals surface area contributed by atoms with Gasteiger partial charge < -0.3 is 9.84 Å². The van der Waals surface area contributed by atoms with Crippen LogP contribution in [0.5, 0.6) is 5.75 Å². The third kappa shape index (κ3) is 2.66. The van der Waals surface area contributed by atoms with Crippen molar-refractivity contribution in [3.63, 3.8) is 0 Å². The first kappa shape index (κ1) is 12.7. The van der Waals surface area contributed by atoms with Gasteiger partial charge in [0.15, 0.2) is 5.78 Å². The molecule has 1 fully saturated rings. The molecule has 0 aliphatic heterocycles. The van der Waals surface area contributed by atoms with Crippen LogP contribution in [0.25, 0.3) is 0 Å². The van der Waals surface area contributed by atoms with E-state index in [1.54, 1.807) is 0 Å². The minimum Gasteiger partial charge on any atom is -0.488 e.